The summed E-state index contributed by atoms with van der Waals surface area (Å²) in [6.07, 6.45) is 0.751. The molecule has 4 heteroatoms. The van der Waals surface area contributed by atoms with E-state index in [1.54, 1.807) is 6.92 Å². The van der Waals surface area contributed by atoms with Gasteiger partial charge in [0, 0.05) is 5.56 Å². The maximum atomic E-state index is 11.9. The van der Waals surface area contributed by atoms with Crippen molar-refractivity contribution in [2.24, 2.45) is 5.92 Å². The van der Waals surface area contributed by atoms with Crippen LogP contribution in [0, 0.1) is 19.8 Å². The van der Waals surface area contributed by atoms with Crippen LogP contribution >= 0.6 is 0 Å². The van der Waals surface area contributed by atoms with Gasteiger partial charge < -0.3 is 14.8 Å². The average Bonchev–Trinajstić information content (AvgIpc) is 2.56. The second-order valence-corrected chi connectivity index (χ2v) is 4.85. The van der Waals surface area contributed by atoms with E-state index < -0.39 is 0 Å². The summed E-state index contributed by atoms with van der Waals surface area (Å²) in [5, 5.41) is 12.0. The quantitative estimate of drug-likeness (QED) is 0.826. The maximum absolute atomic E-state index is 11.9. The number of furan rings is 1. The number of aliphatic hydroxyl groups excluding tert-OH is 1. The molecule has 1 heterocycles. The Morgan fingerprint density at radius 2 is 2.12 bits per heavy atom. The summed E-state index contributed by atoms with van der Waals surface area (Å²) in [5.74, 6) is 1.23. The zero-order valence-electron chi connectivity index (χ0n) is 10.9. The number of aliphatic hydroxyl groups is 1. The maximum Gasteiger partial charge on any atom is 0.287 e. The molecular weight excluding hydrogens is 218 g/mol. The van der Waals surface area contributed by atoms with Gasteiger partial charge in [-0.05, 0) is 32.3 Å². The Morgan fingerprint density at radius 3 is 2.53 bits per heavy atom. The second kappa shape index (κ2) is 5.87. The van der Waals surface area contributed by atoms with E-state index in [0.717, 1.165) is 17.7 Å². The number of hydrogen-bond acceptors (Lipinski definition) is 3. The number of rotatable bonds is 5. The van der Waals surface area contributed by atoms with Crippen LogP contribution in [0.5, 0.6) is 0 Å². The molecule has 2 N–H and O–H groups in total. The molecule has 0 aliphatic rings. The molecule has 0 aliphatic carbocycles. The first kappa shape index (κ1) is 13.8. The van der Waals surface area contributed by atoms with Crippen LogP contribution in [0.3, 0.4) is 0 Å². The molecular formula is C13H21NO3. The number of nitrogens with one attached hydrogen (secondary N) is 1. The number of amides is 1. The van der Waals surface area contributed by atoms with E-state index >= 15 is 0 Å². The Hall–Kier alpha value is -1.29. The molecule has 0 aliphatic heterocycles. The lowest BCUT2D eigenvalue weighted by molar-refractivity contribution is 0.0878. The van der Waals surface area contributed by atoms with Crippen LogP contribution < -0.4 is 5.32 Å². The Bertz CT molecular complexity index is 382. The van der Waals surface area contributed by atoms with Gasteiger partial charge >= 0.3 is 0 Å². The van der Waals surface area contributed by atoms with E-state index in [9.17, 15) is 9.90 Å². The van der Waals surface area contributed by atoms with Gasteiger partial charge in [0.1, 0.15) is 5.76 Å². The third-order valence-corrected chi connectivity index (χ3v) is 2.56. The van der Waals surface area contributed by atoms with Crippen molar-refractivity contribution in [3.05, 3.63) is 23.2 Å². The van der Waals surface area contributed by atoms with Crippen molar-refractivity contribution in [1.29, 1.82) is 0 Å². The summed E-state index contributed by atoms with van der Waals surface area (Å²) >= 11 is 0. The molecule has 1 unspecified atom stereocenters. The first-order valence-electron chi connectivity index (χ1n) is 5.92. The number of aryl methyl sites for hydroxylation is 2. The van der Waals surface area contributed by atoms with Crippen molar-refractivity contribution in [2.75, 3.05) is 6.61 Å². The van der Waals surface area contributed by atoms with Gasteiger partial charge in [0.15, 0.2) is 5.76 Å². The van der Waals surface area contributed by atoms with Crippen LogP contribution in [0.1, 0.15) is 42.1 Å². The topological polar surface area (TPSA) is 62.5 Å². The van der Waals surface area contributed by atoms with E-state index in [1.165, 1.54) is 0 Å². The van der Waals surface area contributed by atoms with Gasteiger partial charge in [-0.2, -0.15) is 0 Å². The molecule has 96 valence electrons. The monoisotopic (exact) mass is 239 g/mol. The highest BCUT2D eigenvalue weighted by molar-refractivity contribution is 5.93. The molecule has 0 radical (unpaired) electrons. The van der Waals surface area contributed by atoms with Crippen LogP contribution in [-0.4, -0.2) is 23.7 Å². The number of hydrogen-bond donors (Lipinski definition) is 2. The Balaban J connectivity index is 2.67. The standard InChI is InChI=1S/C13H21NO3/c1-8(2)5-11(7-15)14-13(16)12-9(3)6-10(4)17-12/h6,8,11,15H,5,7H2,1-4H3,(H,14,16). The molecule has 4 nitrogen and oxygen atoms in total. The van der Waals surface area contributed by atoms with E-state index in [-0.39, 0.29) is 18.6 Å². The highest BCUT2D eigenvalue weighted by Gasteiger charge is 2.18. The molecule has 1 amide bonds. The normalized spacial score (nSPS) is 12.8. The molecule has 0 bridgehead atoms. The van der Waals surface area contributed by atoms with Crippen LogP contribution in [0.25, 0.3) is 0 Å². The van der Waals surface area contributed by atoms with Crippen molar-refractivity contribution >= 4 is 5.91 Å². The Morgan fingerprint density at radius 1 is 1.47 bits per heavy atom. The summed E-state index contributed by atoms with van der Waals surface area (Å²) in [7, 11) is 0. The van der Waals surface area contributed by atoms with Crippen molar-refractivity contribution in [3.8, 4) is 0 Å². The summed E-state index contributed by atoms with van der Waals surface area (Å²) in [4.78, 5) is 11.9. The molecule has 0 fully saturated rings. The Kier molecular flexibility index (Phi) is 4.75. The number of carbonyl (C=O) groups is 1. The van der Waals surface area contributed by atoms with E-state index in [1.807, 2.05) is 13.0 Å². The lowest BCUT2D eigenvalue weighted by Gasteiger charge is -2.17. The molecule has 0 saturated heterocycles. The first-order chi connectivity index (χ1) is 7.93. The van der Waals surface area contributed by atoms with Gasteiger partial charge in [-0.1, -0.05) is 13.8 Å². The van der Waals surface area contributed by atoms with Crippen LogP contribution in [0.2, 0.25) is 0 Å². The fraction of sp³-hybridized carbons (Fsp3) is 0.615. The molecule has 1 aromatic rings. The van der Waals surface area contributed by atoms with Gasteiger partial charge in [0.05, 0.1) is 12.6 Å². The molecule has 1 atom stereocenters. The minimum atomic E-state index is -0.254. The third-order valence-electron chi connectivity index (χ3n) is 2.56. The Labute approximate surface area is 102 Å². The molecule has 1 rings (SSSR count). The van der Waals surface area contributed by atoms with E-state index in [0.29, 0.717) is 11.7 Å². The lowest BCUT2D eigenvalue weighted by Crippen LogP contribution is -2.38. The van der Waals surface area contributed by atoms with Crippen LogP contribution in [0.4, 0.5) is 0 Å². The lowest BCUT2D eigenvalue weighted by atomic mass is 10.0. The zero-order valence-corrected chi connectivity index (χ0v) is 10.9. The second-order valence-electron chi connectivity index (χ2n) is 4.85. The summed E-state index contributed by atoms with van der Waals surface area (Å²) in [6, 6.07) is 1.61. The van der Waals surface area contributed by atoms with Gasteiger partial charge in [0.2, 0.25) is 0 Å². The molecule has 0 aromatic carbocycles. The predicted molar refractivity (Wildman–Crippen MR) is 66.0 cm³/mol. The predicted octanol–water partition coefficient (Wildman–Crippen LogP) is 2.03. The van der Waals surface area contributed by atoms with Gasteiger partial charge in [-0.25, -0.2) is 0 Å². The fourth-order valence-electron chi connectivity index (χ4n) is 1.87. The molecule has 17 heavy (non-hydrogen) atoms. The van der Waals surface area contributed by atoms with Crippen LogP contribution in [-0.2, 0) is 0 Å². The van der Waals surface area contributed by atoms with Gasteiger partial charge in [0.25, 0.3) is 5.91 Å². The van der Waals surface area contributed by atoms with Crippen molar-refractivity contribution in [2.45, 2.75) is 40.2 Å². The largest absolute Gasteiger partial charge is 0.456 e. The van der Waals surface area contributed by atoms with Crippen molar-refractivity contribution in [1.82, 2.24) is 5.32 Å². The third kappa shape index (κ3) is 3.89. The highest BCUT2D eigenvalue weighted by atomic mass is 16.3. The smallest absolute Gasteiger partial charge is 0.287 e. The fourth-order valence-corrected chi connectivity index (χ4v) is 1.87. The summed E-state index contributed by atoms with van der Waals surface area (Å²) < 4.78 is 5.33. The van der Waals surface area contributed by atoms with E-state index in [2.05, 4.69) is 19.2 Å². The van der Waals surface area contributed by atoms with Crippen molar-refractivity contribution in [3.63, 3.8) is 0 Å². The van der Waals surface area contributed by atoms with Crippen molar-refractivity contribution < 1.29 is 14.3 Å². The summed E-state index contributed by atoms with van der Waals surface area (Å²) in [6.45, 7) is 7.69. The minimum absolute atomic E-state index is 0.0529. The highest BCUT2D eigenvalue weighted by Crippen LogP contribution is 2.14. The molecule has 1 aromatic heterocycles. The SMILES string of the molecule is Cc1cc(C)c(C(=O)NC(CO)CC(C)C)o1. The number of carbonyl (C=O) groups excluding carboxylic acids is 1. The van der Waals surface area contributed by atoms with Gasteiger partial charge in [-0.15, -0.1) is 0 Å². The van der Waals surface area contributed by atoms with Crippen LogP contribution in [0.15, 0.2) is 10.5 Å². The van der Waals surface area contributed by atoms with E-state index in [4.69, 9.17) is 4.42 Å². The molecule has 0 spiro atoms. The first-order valence-corrected chi connectivity index (χ1v) is 5.92. The molecule has 0 saturated carbocycles. The minimum Gasteiger partial charge on any atom is -0.456 e. The summed E-state index contributed by atoms with van der Waals surface area (Å²) in [5.41, 5.74) is 0.821. The average molecular weight is 239 g/mol. The zero-order chi connectivity index (χ0) is 13.0. The van der Waals surface area contributed by atoms with Gasteiger partial charge in [-0.3, -0.25) is 4.79 Å².